The number of fused-ring (bicyclic) bond motifs is 1. The molecule has 1 aromatic heterocycles. The molecule has 0 radical (unpaired) electrons. The van der Waals surface area contributed by atoms with Gasteiger partial charge < -0.3 is 9.88 Å². The van der Waals surface area contributed by atoms with Crippen LogP contribution in [0.2, 0.25) is 0 Å². The minimum Gasteiger partial charge on any atom is -0.349 e. The predicted octanol–water partition coefficient (Wildman–Crippen LogP) is 2.60. The molecule has 2 aromatic rings. The van der Waals surface area contributed by atoms with Crippen LogP contribution in [0.25, 0.3) is 0 Å². The average molecular weight is 347 g/mol. The fourth-order valence-corrected chi connectivity index (χ4v) is 4.58. The molecule has 1 amide bonds. The van der Waals surface area contributed by atoms with Crippen LogP contribution in [0.15, 0.2) is 47.5 Å². The summed E-state index contributed by atoms with van der Waals surface area (Å²) < 4.78 is 29.5. The standard InChI is InChI=1S/C17H21N3O3S/c1-3-17(21)18-14-6-8-15(9-7-14)24(22,23)20-12-11-19-10-4-5-16(19)13(20)2/h4-10,13H,3,11-12H2,1-2H3,(H,18,21)/t13-/m1/s1. The van der Waals surface area contributed by atoms with E-state index in [-0.39, 0.29) is 16.8 Å². The first-order chi connectivity index (χ1) is 11.4. The van der Waals surface area contributed by atoms with Crippen LogP contribution in [0.4, 0.5) is 5.69 Å². The first kappa shape index (κ1) is 16.7. The van der Waals surface area contributed by atoms with E-state index in [1.165, 1.54) is 4.31 Å². The highest BCUT2D eigenvalue weighted by molar-refractivity contribution is 7.89. The third-order valence-electron chi connectivity index (χ3n) is 4.35. The second kappa shape index (κ2) is 6.41. The molecule has 1 aliphatic rings. The molecule has 6 nitrogen and oxygen atoms in total. The topological polar surface area (TPSA) is 71.4 Å². The molecule has 1 aromatic carbocycles. The summed E-state index contributed by atoms with van der Waals surface area (Å²) in [5, 5.41) is 2.72. The molecule has 0 unspecified atom stereocenters. The third-order valence-corrected chi connectivity index (χ3v) is 6.34. The number of nitrogens with zero attached hydrogens (tertiary/aromatic N) is 2. The van der Waals surface area contributed by atoms with E-state index in [1.807, 2.05) is 25.3 Å². The van der Waals surface area contributed by atoms with E-state index in [9.17, 15) is 13.2 Å². The van der Waals surface area contributed by atoms with Gasteiger partial charge in [-0.05, 0) is 43.3 Å². The van der Waals surface area contributed by atoms with Gasteiger partial charge in [0, 0.05) is 37.1 Å². The molecule has 1 atom stereocenters. The Morgan fingerprint density at radius 1 is 1.21 bits per heavy atom. The number of hydrogen-bond donors (Lipinski definition) is 1. The molecule has 128 valence electrons. The number of anilines is 1. The monoisotopic (exact) mass is 347 g/mol. The average Bonchev–Trinajstić information content (AvgIpc) is 3.05. The highest BCUT2D eigenvalue weighted by Gasteiger charge is 2.33. The zero-order chi connectivity index (χ0) is 17.3. The van der Waals surface area contributed by atoms with Crippen LogP contribution in [-0.2, 0) is 21.4 Å². The first-order valence-corrected chi connectivity index (χ1v) is 9.44. The highest BCUT2D eigenvalue weighted by atomic mass is 32.2. The predicted molar refractivity (Wildman–Crippen MR) is 92.1 cm³/mol. The minimum atomic E-state index is -3.58. The van der Waals surface area contributed by atoms with E-state index in [0.717, 1.165) is 5.69 Å². The van der Waals surface area contributed by atoms with E-state index in [2.05, 4.69) is 9.88 Å². The van der Waals surface area contributed by atoms with Crippen LogP contribution in [0, 0.1) is 0 Å². The van der Waals surface area contributed by atoms with Crippen LogP contribution in [-0.4, -0.2) is 29.7 Å². The maximum atomic E-state index is 12.9. The fourth-order valence-electron chi connectivity index (χ4n) is 2.98. The lowest BCUT2D eigenvalue weighted by Crippen LogP contribution is -2.40. The molecule has 1 N–H and O–H groups in total. The van der Waals surface area contributed by atoms with E-state index in [1.54, 1.807) is 31.2 Å². The maximum absolute atomic E-state index is 12.9. The van der Waals surface area contributed by atoms with E-state index in [0.29, 0.717) is 25.2 Å². The molecular formula is C17H21N3O3S. The van der Waals surface area contributed by atoms with Gasteiger partial charge in [0.1, 0.15) is 0 Å². The normalized spacial score (nSPS) is 18.2. The molecule has 0 saturated heterocycles. The number of rotatable bonds is 4. The Morgan fingerprint density at radius 3 is 2.58 bits per heavy atom. The van der Waals surface area contributed by atoms with Crippen LogP contribution < -0.4 is 5.32 Å². The Kier molecular flexibility index (Phi) is 4.47. The quantitative estimate of drug-likeness (QED) is 0.924. The molecule has 2 heterocycles. The van der Waals surface area contributed by atoms with Crippen molar-refractivity contribution in [1.82, 2.24) is 8.87 Å². The lowest BCUT2D eigenvalue weighted by molar-refractivity contribution is -0.115. The second-order valence-corrected chi connectivity index (χ2v) is 7.73. The summed E-state index contributed by atoms with van der Waals surface area (Å²) >= 11 is 0. The summed E-state index contributed by atoms with van der Waals surface area (Å²) in [6, 6.07) is 10.0. The van der Waals surface area contributed by atoms with Crippen LogP contribution in [0.1, 0.15) is 32.0 Å². The molecule has 0 spiro atoms. The molecule has 0 fully saturated rings. The number of hydrogen-bond acceptors (Lipinski definition) is 3. The van der Waals surface area contributed by atoms with Gasteiger partial charge >= 0.3 is 0 Å². The van der Waals surface area contributed by atoms with Crippen molar-refractivity contribution in [3.8, 4) is 0 Å². The Morgan fingerprint density at radius 2 is 1.92 bits per heavy atom. The minimum absolute atomic E-state index is 0.101. The summed E-state index contributed by atoms with van der Waals surface area (Å²) in [6.45, 7) is 4.76. The van der Waals surface area contributed by atoms with E-state index >= 15 is 0 Å². The number of benzene rings is 1. The number of amides is 1. The Hall–Kier alpha value is -2.12. The number of carbonyl (C=O) groups excluding carboxylic acids is 1. The van der Waals surface area contributed by atoms with Crippen molar-refractivity contribution in [1.29, 1.82) is 0 Å². The molecule has 0 saturated carbocycles. The summed E-state index contributed by atoms with van der Waals surface area (Å²) in [5.41, 5.74) is 1.60. The van der Waals surface area contributed by atoms with Crippen molar-refractivity contribution in [2.45, 2.75) is 37.8 Å². The van der Waals surface area contributed by atoms with Gasteiger partial charge in [0.2, 0.25) is 15.9 Å². The van der Waals surface area contributed by atoms with Crippen LogP contribution >= 0.6 is 0 Å². The van der Waals surface area contributed by atoms with Gasteiger partial charge in [0.15, 0.2) is 0 Å². The van der Waals surface area contributed by atoms with Crippen molar-refractivity contribution in [2.75, 3.05) is 11.9 Å². The van der Waals surface area contributed by atoms with Crippen molar-refractivity contribution < 1.29 is 13.2 Å². The Labute approximate surface area is 142 Å². The molecule has 0 aliphatic carbocycles. The van der Waals surface area contributed by atoms with Crippen molar-refractivity contribution >= 4 is 21.6 Å². The molecule has 24 heavy (non-hydrogen) atoms. The van der Waals surface area contributed by atoms with Gasteiger partial charge in [0.05, 0.1) is 10.9 Å². The Bertz CT molecular complexity index is 840. The zero-order valence-corrected chi connectivity index (χ0v) is 14.6. The van der Waals surface area contributed by atoms with Crippen molar-refractivity contribution in [2.24, 2.45) is 0 Å². The van der Waals surface area contributed by atoms with Gasteiger partial charge in [-0.1, -0.05) is 6.92 Å². The maximum Gasteiger partial charge on any atom is 0.243 e. The molecular weight excluding hydrogens is 326 g/mol. The van der Waals surface area contributed by atoms with Gasteiger partial charge in [-0.15, -0.1) is 0 Å². The van der Waals surface area contributed by atoms with Gasteiger partial charge in [-0.2, -0.15) is 4.31 Å². The number of carbonyl (C=O) groups is 1. The summed E-state index contributed by atoms with van der Waals surface area (Å²) in [7, 11) is -3.58. The summed E-state index contributed by atoms with van der Waals surface area (Å²) in [4.78, 5) is 11.6. The second-order valence-electron chi connectivity index (χ2n) is 5.84. The van der Waals surface area contributed by atoms with Crippen molar-refractivity contribution in [3.63, 3.8) is 0 Å². The fraction of sp³-hybridized carbons (Fsp3) is 0.353. The van der Waals surface area contributed by atoms with Gasteiger partial charge in [-0.25, -0.2) is 8.42 Å². The lowest BCUT2D eigenvalue weighted by atomic mass is 10.2. The van der Waals surface area contributed by atoms with Crippen molar-refractivity contribution in [3.05, 3.63) is 48.3 Å². The van der Waals surface area contributed by atoms with Crippen LogP contribution in [0.5, 0.6) is 0 Å². The third kappa shape index (κ3) is 2.97. The largest absolute Gasteiger partial charge is 0.349 e. The van der Waals surface area contributed by atoms with Gasteiger partial charge in [-0.3, -0.25) is 4.79 Å². The van der Waals surface area contributed by atoms with E-state index < -0.39 is 10.0 Å². The van der Waals surface area contributed by atoms with E-state index in [4.69, 9.17) is 0 Å². The van der Waals surface area contributed by atoms with Gasteiger partial charge in [0.25, 0.3) is 0 Å². The summed E-state index contributed by atoms with van der Waals surface area (Å²) in [5.74, 6) is -0.101. The molecule has 3 rings (SSSR count). The smallest absolute Gasteiger partial charge is 0.243 e. The molecule has 0 bridgehead atoms. The number of sulfonamides is 1. The lowest BCUT2D eigenvalue weighted by Gasteiger charge is -2.33. The summed E-state index contributed by atoms with van der Waals surface area (Å²) in [6.07, 6.45) is 2.35. The Balaban J connectivity index is 1.84. The molecule has 7 heteroatoms. The first-order valence-electron chi connectivity index (χ1n) is 8.00. The highest BCUT2D eigenvalue weighted by Crippen LogP contribution is 2.31. The number of aromatic nitrogens is 1. The SMILES string of the molecule is CCC(=O)Nc1ccc(S(=O)(=O)N2CCn3cccc3[C@H]2C)cc1. The zero-order valence-electron chi connectivity index (χ0n) is 13.8. The number of nitrogens with one attached hydrogen (secondary N) is 1. The van der Waals surface area contributed by atoms with Crippen LogP contribution in [0.3, 0.4) is 0 Å². The molecule has 1 aliphatic heterocycles.